The molecule has 11 heteroatoms. The minimum absolute atomic E-state index is 0.137. The Morgan fingerprint density at radius 3 is 2.80 bits per heavy atom. The molecule has 0 aromatic heterocycles. The van der Waals surface area contributed by atoms with Gasteiger partial charge in [0.05, 0.1) is 17.4 Å². The lowest BCUT2D eigenvalue weighted by Crippen LogP contribution is -2.37. The summed E-state index contributed by atoms with van der Waals surface area (Å²) in [6.45, 7) is 2.46. The fraction of sp³-hybridized carbons (Fsp3) is 0.429. The molecule has 0 aliphatic rings. The second-order valence-electron chi connectivity index (χ2n) is 4.93. The molecule has 1 unspecified atom stereocenters. The van der Waals surface area contributed by atoms with Gasteiger partial charge in [0.25, 0.3) is 5.69 Å². The van der Waals surface area contributed by atoms with Gasteiger partial charge in [0.2, 0.25) is 11.8 Å². The van der Waals surface area contributed by atoms with E-state index in [1.54, 1.807) is 6.07 Å². The number of benzene rings is 1. The molecule has 0 spiro atoms. The van der Waals surface area contributed by atoms with E-state index in [0.717, 1.165) is 24.8 Å². The Morgan fingerprint density at radius 1 is 1.44 bits per heavy atom. The van der Waals surface area contributed by atoms with Crippen LogP contribution in [0.2, 0.25) is 0 Å². The lowest BCUT2D eigenvalue weighted by Gasteiger charge is -2.14. The molecule has 0 fully saturated rings. The number of hydrogen-bond donors (Lipinski definition) is 2. The molecule has 0 bridgehead atoms. The molecule has 0 heterocycles. The highest BCUT2D eigenvalue weighted by molar-refractivity contribution is 7.97. The van der Waals surface area contributed by atoms with Crippen LogP contribution in [0.4, 0.5) is 5.69 Å². The third-order valence-corrected chi connectivity index (χ3v) is 4.02. The van der Waals surface area contributed by atoms with Crippen molar-refractivity contribution in [2.75, 3.05) is 6.54 Å². The Morgan fingerprint density at radius 2 is 2.16 bits per heavy atom. The molecule has 0 aliphatic heterocycles. The van der Waals surface area contributed by atoms with E-state index in [2.05, 4.69) is 20.1 Å². The largest absolute Gasteiger partial charge is 0.356 e. The lowest BCUT2D eigenvalue weighted by molar-refractivity contribution is -0.387. The number of carbonyl (C=O) groups is 2. The molecule has 0 radical (unpaired) electrons. The normalized spacial score (nSPS) is 11.2. The summed E-state index contributed by atoms with van der Waals surface area (Å²) in [5, 5.41) is 16.6. The Bertz CT molecular complexity index is 677. The van der Waals surface area contributed by atoms with Gasteiger partial charge < -0.3 is 5.32 Å². The standard InChI is InChI=1S/C14H18N6O4S/c1-2-3-8-16-13(21)9-10(14(22)17-19-15)18-25-12-7-5-4-6-11(12)20(23)24/h4-7,10,18H,2-3,8-9H2,1H3,(H,16,21). The summed E-state index contributed by atoms with van der Waals surface area (Å²) in [7, 11) is 0. The van der Waals surface area contributed by atoms with Gasteiger partial charge in [-0.2, -0.15) is 0 Å². The van der Waals surface area contributed by atoms with Crippen LogP contribution in [-0.4, -0.2) is 29.3 Å². The van der Waals surface area contributed by atoms with E-state index >= 15 is 0 Å². The van der Waals surface area contributed by atoms with Crippen molar-refractivity contribution in [1.29, 1.82) is 0 Å². The summed E-state index contributed by atoms with van der Waals surface area (Å²) in [6, 6.07) is 4.87. The smallest absolute Gasteiger partial charge is 0.284 e. The zero-order chi connectivity index (χ0) is 18.7. The Balaban J connectivity index is 2.78. The van der Waals surface area contributed by atoms with E-state index < -0.39 is 16.9 Å². The third kappa shape index (κ3) is 7.21. The number of amides is 2. The van der Waals surface area contributed by atoms with Gasteiger partial charge in [-0.3, -0.25) is 19.7 Å². The quantitative estimate of drug-likeness (QED) is 0.124. The molecule has 2 N–H and O–H groups in total. The number of nitrogens with zero attached hydrogens (tertiary/aromatic N) is 4. The summed E-state index contributed by atoms with van der Waals surface area (Å²) in [5.41, 5.74) is 8.27. The number of nitro benzene ring substituents is 1. The maximum atomic E-state index is 11.9. The molecular weight excluding hydrogens is 348 g/mol. The molecule has 1 aromatic carbocycles. The van der Waals surface area contributed by atoms with Crippen molar-refractivity contribution in [3.8, 4) is 0 Å². The fourth-order valence-corrected chi connectivity index (χ4v) is 2.63. The molecule has 2 amide bonds. The summed E-state index contributed by atoms with van der Waals surface area (Å²) >= 11 is 0.832. The Hall–Kier alpha value is -2.62. The zero-order valence-corrected chi connectivity index (χ0v) is 14.4. The van der Waals surface area contributed by atoms with Crippen LogP contribution in [0.5, 0.6) is 0 Å². The minimum Gasteiger partial charge on any atom is -0.356 e. The molecule has 1 aromatic rings. The van der Waals surface area contributed by atoms with E-state index in [-0.39, 0.29) is 22.9 Å². The van der Waals surface area contributed by atoms with Crippen molar-refractivity contribution in [3.05, 3.63) is 44.8 Å². The Kier molecular flexibility index (Phi) is 9.01. The first kappa shape index (κ1) is 20.4. The summed E-state index contributed by atoms with van der Waals surface area (Å²) in [5.74, 6) is -1.24. The summed E-state index contributed by atoms with van der Waals surface area (Å²) in [4.78, 5) is 36.9. The number of azide groups is 1. The highest BCUT2D eigenvalue weighted by Gasteiger charge is 2.22. The first-order valence-corrected chi connectivity index (χ1v) is 8.32. The van der Waals surface area contributed by atoms with Crippen LogP contribution < -0.4 is 10.0 Å². The highest BCUT2D eigenvalue weighted by Crippen LogP contribution is 2.27. The predicted molar refractivity (Wildman–Crippen MR) is 92.6 cm³/mol. The van der Waals surface area contributed by atoms with Crippen molar-refractivity contribution in [3.63, 3.8) is 0 Å². The van der Waals surface area contributed by atoms with Gasteiger partial charge in [0.15, 0.2) is 0 Å². The van der Waals surface area contributed by atoms with Gasteiger partial charge in [0.1, 0.15) is 4.90 Å². The molecule has 0 saturated carbocycles. The third-order valence-electron chi connectivity index (χ3n) is 3.06. The molecule has 25 heavy (non-hydrogen) atoms. The first-order chi connectivity index (χ1) is 12.0. The average molecular weight is 366 g/mol. The number of hydrogen-bond acceptors (Lipinski definition) is 6. The Labute approximate surface area is 148 Å². The van der Waals surface area contributed by atoms with Crippen LogP contribution in [0, 0.1) is 10.1 Å². The number of unbranched alkanes of at least 4 members (excludes halogenated alkanes) is 1. The van der Waals surface area contributed by atoms with E-state index in [0.29, 0.717) is 6.54 Å². The van der Waals surface area contributed by atoms with Gasteiger partial charge in [0, 0.05) is 17.5 Å². The molecule has 1 atom stereocenters. The van der Waals surface area contributed by atoms with Crippen LogP contribution >= 0.6 is 11.9 Å². The second-order valence-corrected chi connectivity index (χ2v) is 5.81. The lowest BCUT2D eigenvalue weighted by atomic mass is 10.2. The van der Waals surface area contributed by atoms with Gasteiger partial charge in [-0.1, -0.05) is 25.5 Å². The summed E-state index contributed by atoms with van der Waals surface area (Å²) < 4.78 is 2.67. The monoisotopic (exact) mass is 366 g/mol. The van der Waals surface area contributed by atoms with Crippen molar-refractivity contribution in [2.45, 2.75) is 37.1 Å². The van der Waals surface area contributed by atoms with Gasteiger partial charge in [-0.05, 0) is 35.1 Å². The summed E-state index contributed by atoms with van der Waals surface area (Å²) in [6.07, 6.45) is 1.47. The van der Waals surface area contributed by atoms with Gasteiger partial charge in [-0.25, -0.2) is 4.72 Å². The van der Waals surface area contributed by atoms with E-state index in [1.807, 2.05) is 6.92 Å². The highest BCUT2D eigenvalue weighted by atomic mass is 32.2. The van der Waals surface area contributed by atoms with Gasteiger partial charge >= 0.3 is 0 Å². The van der Waals surface area contributed by atoms with Crippen LogP contribution in [-0.2, 0) is 9.59 Å². The van der Waals surface area contributed by atoms with Crippen LogP contribution in [0.15, 0.2) is 34.3 Å². The molecule has 1 rings (SSSR count). The van der Waals surface area contributed by atoms with Crippen molar-refractivity contribution < 1.29 is 14.5 Å². The number of para-hydroxylation sites is 1. The SMILES string of the molecule is CCCCNC(=O)CC(NSc1ccccc1[N+](=O)[O-])C(=O)N=[N+]=[N-]. The number of carbonyl (C=O) groups excluding carboxylic acids is 2. The van der Waals surface area contributed by atoms with Crippen molar-refractivity contribution in [1.82, 2.24) is 10.0 Å². The number of rotatable bonds is 10. The van der Waals surface area contributed by atoms with E-state index in [1.165, 1.54) is 18.2 Å². The van der Waals surface area contributed by atoms with Crippen LogP contribution in [0.1, 0.15) is 26.2 Å². The minimum atomic E-state index is -1.10. The van der Waals surface area contributed by atoms with Crippen LogP contribution in [0.3, 0.4) is 0 Å². The zero-order valence-electron chi connectivity index (χ0n) is 13.5. The number of nitrogens with one attached hydrogen (secondary N) is 2. The fourth-order valence-electron chi connectivity index (χ4n) is 1.78. The predicted octanol–water partition coefficient (Wildman–Crippen LogP) is 2.70. The topological polar surface area (TPSA) is 150 Å². The second kappa shape index (κ2) is 11.0. The van der Waals surface area contributed by atoms with Crippen molar-refractivity contribution >= 4 is 29.4 Å². The average Bonchev–Trinajstić information content (AvgIpc) is 2.59. The number of nitro groups is 1. The maximum absolute atomic E-state index is 11.9. The van der Waals surface area contributed by atoms with E-state index in [4.69, 9.17) is 5.53 Å². The van der Waals surface area contributed by atoms with Crippen molar-refractivity contribution in [2.24, 2.45) is 5.11 Å². The molecule has 134 valence electrons. The van der Waals surface area contributed by atoms with E-state index in [9.17, 15) is 19.7 Å². The molecule has 0 aliphatic carbocycles. The maximum Gasteiger partial charge on any atom is 0.284 e. The van der Waals surface area contributed by atoms with Crippen LogP contribution in [0.25, 0.3) is 10.4 Å². The first-order valence-electron chi connectivity index (χ1n) is 7.51. The molecular formula is C14H18N6O4S. The molecule has 0 saturated heterocycles. The van der Waals surface area contributed by atoms with Gasteiger partial charge in [-0.15, -0.1) is 0 Å². The molecule has 10 nitrogen and oxygen atoms in total.